The molecule has 1 aromatic heterocycles. The van der Waals surface area contributed by atoms with E-state index in [9.17, 15) is 14.4 Å². The molecular formula is C26H29N3O3S. The number of amides is 2. The molecule has 5 rings (SSSR count). The number of ketones is 1. The first-order valence-corrected chi connectivity index (χ1v) is 12.6. The molecule has 2 amide bonds. The third kappa shape index (κ3) is 3.92. The summed E-state index contributed by atoms with van der Waals surface area (Å²) in [5.41, 5.74) is 3.32. The molecule has 1 fully saturated rings. The van der Waals surface area contributed by atoms with Crippen LogP contribution in [0.2, 0.25) is 0 Å². The fourth-order valence-corrected chi connectivity index (χ4v) is 6.17. The van der Waals surface area contributed by atoms with Crippen molar-refractivity contribution >= 4 is 40.1 Å². The van der Waals surface area contributed by atoms with Gasteiger partial charge in [0.2, 0.25) is 11.8 Å². The second kappa shape index (κ2) is 8.52. The molecule has 1 N–H and O–H groups in total. The van der Waals surface area contributed by atoms with Gasteiger partial charge >= 0.3 is 0 Å². The van der Waals surface area contributed by atoms with Gasteiger partial charge in [-0.25, -0.2) is 4.98 Å². The van der Waals surface area contributed by atoms with Crippen LogP contribution >= 0.6 is 11.3 Å². The highest BCUT2D eigenvalue weighted by atomic mass is 32.1. The predicted molar refractivity (Wildman–Crippen MR) is 129 cm³/mol. The highest BCUT2D eigenvalue weighted by Crippen LogP contribution is 2.44. The number of carbonyl (C=O) groups excluding carboxylic acids is 3. The van der Waals surface area contributed by atoms with Crippen molar-refractivity contribution in [3.63, 3.8) is 0 Å². The Labute approximate surface area is 198 Å². The molecular weight excluding hydrogens is 434 g/mol. The van der Waals surface area contributed by atoms with Crippen LogP contribution in [0, 0.1) is 11.8 Å². The normalized spacial score (nSPS) is 21.6. The Hall–Kier alpha value is -2.80. The average Bonchev–Trinajstić information content (AvgIpc) is 3.40. The molecule has 2 atom stereocenters. The maximum absolute atomic E-state index is 13.3. The third-order valence-corrected chi connectivity index (χ3v) is 8.56. The summed E-state index contributed by atoms with van der Waals surface area (Å²) in [6.07, 6.45) is 7.73. The molecule has 1 saturated heterocycles. The second-order valence-corrected chi connectivity index (χ2v) is 10.5. The van der Waals surface area contributed by atoms with Crippen LogP contribution in [0.15, 0.2) is 30.3 Å². The van der Waals surface area contributed by atoms with Crippen LogP contribution in [-0.4, -0.2) is 40.6 Å². The monoisotopic (exact) mass is 463 g/mol. The number of rotatable bonds is 4. The lowest BCUT2D eigenvalue weighted by molar-refractivity contribution is -0.137. The summed E-state index contributed by atoms with van der Waals surface area (Å²) in [5, 5.41) is 3.29. The molecule has 0 saturated carbocycles. The minimum atomic E-state index is -0.370. The topological polar surface area (TPSA) is 79.4 Å². The van der Waals surface area contributed by atoms with Gasteiger partial charge in [-0.1, -0.05) is 61.6 Å². The van der Waals surface area contributed by atoms with E-state index in [1.54, 1.807) is 0 Å². The van der Waals surface area contributed by atoms with Crippen LogP contribution in [0.25, 0.3) is 6.08 Å². The standard InChI is InChI=1S/C26H29N3O3S/c1-3-16(2)23(31)28-25-27-20-14-18(15-21(30)22(20)33-25)24(32)29-12-10-26(11-13-29)9-8-17-6-4-5-7-19(17)26/h4-9,16,18H,3,10-15H2,1-2H3,(H,27,28,31). The Morgan fingerprint density at radius 2 is 2.00 bits per heavy atom. The molecule has 2 heterocycles. The zero-order chi connectivity index (χ0) is 23.2. The summed E-state index contributed by atoms with van der Waals surface area (Å²) in [6.45, 7) is 5.22. The van der Waals surface area contributed by atoms with Crippen molar-refractivity contribution in [2.45, 2.75) is 51.4 Å². The number of benzene rings is 1. The number of allylic oxidation sites excluding steroid dienone is 1. The van der Waals surface area contributed by atoms with E-state index in [0.717, 1.165) is 19.3 Å². The number of nitrogens with one attached hydrogen (secondary N) is 1. The Balaban J connectivity index is 1.25. The number of piperidine rings is 1. The van der Waals surface area contributed by atoms with E-state index in [1.165, 1.54) is 22.5 Å². The van der Waals surface area contributed by atoms with Gasteiger partial charge in [0.25, 0.3) is 0 Å². The number of thiazole rings is 1. The van der Waals surface area contributed by atoms with Gasteiger partial charge in [0.15, 0.2) is 10.9 Å². The average molecular weight is 464 g/mol. The minimum absolute atomic E-state index is 0.0283. The molecule has 172 valence electrons. The second-order valence-electron chi connectivity index (χ2n) is 9.52. The van der Waals surface area contributed by atoms with Crippen LogP contribution in [0.1, 0.15) is 66.0 Å². The number of hydrogen-bond donors (Lipinski definition) is 1. The third-order valence-electron chi connectivity index (χ3n) is 7.51. The molecule has 7 heteroatoms. The van der Waals surface area contributed by atoms with Crippen molar-refractivity contribution in [3.8, 4) is 0 Å². The van der Waals surface area contributed by atoms with Gasteiger partial charge in [0.1, 0.15) is 0 Å². The number of Topliss-reactive ketones (excluding diaryl/α,β-unsaturated/α-hetero) is 1. The van der Waals surface area contributed by atoms with Crippen LogP contribution in [0.3, 0.4) is 0 Å². The van der Waals surface area contributed by atoms with Crippen molar-refractivity contribution in [2.75, 3.05) is 18.4 Å². The predicted octanol–water partition coefficient (Wildman–Crippen LogP) is 4.46. The number of aromatic nitrogens is 1. The lowest BCUT2D eigenvalue weighted by Crippen LogP contribution is -2.47. The first-order valence-electron chi connectivity index (χ1n) is 11.8. The van der Waals surface area contributed by atoms with Gasteiger partial charge in [0, 0.05) is 37.3 Å². The maximum atomic E-state index is 13.3. The van der Waals surface area contributed by atoms with E-state index in [4.69, 9.17) is 0 Å². The molecule has 2 aromatic rings. The number of hydrogen-bond acceptors (Lipinski definition) is 5. The van der Waals surface area contributed by atoms with Crippen molar-refractivity contribution in [1.82, 2.24) is 9.88 Å². The zero-order valence-corrected chi connectivity index (χ0v) is 19.9. The van der Waals surface area contributed by atoms with E-state index in [0.29, 0.717) is 35.2 Å². The highest BCUT2D eigenvalue weighted by Gasteiger charge is 2.41. The lowest BCUT2D eigenvalue weighted by atomic mass is 9.74. The van der Waals surface area contributed by atoms with E-state index in [1.807, 2.05) is 18.7 Å². The van der Waals surface area contributed by atoms with Crippen LogP contribution < -0.4 is 5.32 Å². The van der Waals surface area contributed by atoms with Crippen LogP contribution in [0.5, 0.6) is 0 Å². The number of anilines is 1. The summed E-state index contributed by atoms with van der Waals surface area (Å²) >= 11 is 1.23. The number of carbonyl (C=O) groups is 3. The van der Waals surface area contributed by atoms with E-state index in [-0.39, 0.29) is 41.3 Å². The van der Waals surface area contributed by atoms with Crippen molar-refractivity contribution in [2.24, 2.45) is 11.8 Å². The minimum Gasteiger partial charge on any atom is -0.342 e. The van der Waals surface area contributed by atoms with Gasteiger partial charge in [0.05, 0.1) is 16.5 Å². The van der Waals surface area contributed by atoms with Gasteiger partial charge in [-0.3, -0.25) is 14.4 Å². The summed E-state index contributed by atoms with van der Waals surface area (Å²) in [7, 11) is 0. The molecule has 2 unspecified atom stereocenters. The van der Waals surface area contributed by atoms with Crippen molar-refractivity contribution in [3.05, 3.63) is 52.0 Å². The zero-order valence-electron chi connectivity index (χ0n) is 19.1. The Morgan fingerprint density at radius 1 is 1.24 bits per heavy atom. The van der Waals surface area contributed by atoms with Crippen molar-refractivity contribution < 1.29 is 14.4 Å². The first-order chi connectivity index (χ1) is 15.9. The molecule has 3 aliphatic rings. The molecule has 1 aliphatic heterocycles. The smallest absolute Gasteiger partial charge is 0.228 e. The molecule has 2 aliphatic carbocycles. The number of likely N-dealkylation sites (tertiary alicyclic amines) is 1. The SMILES string of the molecule is CCC(C)C(=O)Nc1nc2c(s1)C(=O)CC(C(=O)N1CCC3(C=Cc4ccccc43)CC1)C2. The molecule has 0 bridgehead atoms. The summed E-state index contributed by atoms with van der Waals surface area (Å²) in [5.74, 6) is -0.561. The quantitative estimate of drug-likeness (QED) is 0.726. The fourth-order valence-electron chi connectivity index (χ4n) is 5.23. The fraction of sp³-hybridized carbons (Fsp3) is 0.462. The van der Waals surface area contributed by atoms with Crippen molar-refractivity contribution in [1.29, 1.82) is 0 Å². The summed E-state index contributed by atoms with van der Waals surface area (Å²) in [6, 6.07) is 8.50. The summed E-state index contributed by atoms with van der Waals surface area (Å²) < 4.78 is 0. The molecule has 1 aromatic carbocycles. The largest absolute Gasteiger partial charge is 0.342 e. The van der Waals surface area contributed by atoms with Gasteiger partial charge < -0.3 is 10.2 Å². The molecule has 0 radical (unpaired) electrons. The Bertz CT molecular complexity index is 1140. The van der Waals surface area contributed by atoms with E-state index < -0.39 is 0 Å². The molecule has 33 heavy (non-hydrogen) atoms. The van der Waals surface area contributed by atoms with Crippen LogP contribution in [-0.2, 0) is 21.4 Å². The van der Waals surface area contributed by atoms with Crippen LogP contribution in [0.4, 0.5) is 5.13 Å². The van der Waals surface area contributed by atoms with Gasteiger partial charge in [-0.05, 0) is 30.4 Å². The molecule has 6 nitrogen and oxygen atoms in total. The van der Waals surface area contributed by atoms with E-state index in [2.05, 4.69) is 46.7 Å². The lowest BCUT2D eigenvalue weighted by Gasteiger charge is -2.40. The summed E-state index contributed by atoms with van der Waals surface area (Å²) in [4.78, 5) is 45.4. The Morgan fingerprint density at radius 3 is 2.76 bits per heavy atom. The Kier molecular flexibility index (Phi) is 5.69. The maximum Gasteiger partial charge on any atom is 0.228 e. The van der Waals surface area contributed by atoms with E-state index >= 15 is 0 Å². The highest BCUT2D eigenvalue weighted by molar-refractivity contribution is 7.17. The van der Waals surface area contributed by atoms with Gasteiger partial charge in [-0.15, -0.1) is 0 Å². The number of fused-ring (bicyclic) bond motifs is 3. The van der Waals surface area contributed by atoms with Gasteiger partial charge in [-0.2, -0.15) is 0 Å². The number of nitrogens with zero attached hydrogens (tertiary/aromatic N) is 2. The first kappa shape index (κ1) is 22.0. The molecule has 1 spiro atoms.